The van der Waals surface area contributed by atoms with Gasteiger partial charge >= 0.3 is 0 Å². The van der Waals surface area contributed by atoms with Crippen LogP contribution in [0.15, 0.2) is 0 Å². The van der Waals surface area contributed by atoms with Gasteiger partial charge in [-0.15, -0.1) is 0 Å². The van der Waals surface area contributed by atoms with Crippen LogP contribution < -0.4 is 5.32 Å². The highest BCUT2D eigenvalue weighted by Gasteiger charge is 2.45. The van der Waals surface area contributed by atoms with Gasteiger partial charge in [0.15, 0.2) is 0 Å². The second-order valence-electron chi connectivity index (χ2n) is 5.69. The zero-order valence-corrected chi connectivity index (χ0v) is 10.6. The molecule has 0 aliphatic carbocycles. The summed E-state index contributed by atoms with van der Waals surface area (Å²) in [6.07, 6.45) is 1.55. The van der Waals surface area contributed by atoms with Gasteiger partial charge in [-0.3, -0.25) is 0 Å². The SMILES string of the molecule is CCC(O)CNC1CC(C)(C)OC1(C)C. The number of aliphatic hydroxyl groups excluding tert-OH is 1. The molecule has 90 valence electrons. The number of hydrogen-bond donors (Lipinski definition) is 2. The first-order chi connectivity index (χ1) is 6.77. The van der Waals surface area contributed by atoms with E-state index in [0.29, 0.717) is 12.6 Å². The van der Waals surface area contributed by atoms with Crippen molar-refractivity contribution in [3.05, 3.63) is 0 Å². The molecule has 1 fully saturated rings. The van der Waals surface area contributed by atoms with E-state index >= 15 is 0 Å². The average Bonchev–Trinajstić information content (AvgIpc) is 2.29. The molecule has 0 radical (unpaired) electrons. The van der Waals surface area contributed by atoms with Crippen LogP contribution in [0.3, 0.4) is 0 Å². The van der Waals surface area contributed by atoms with Gasteiger partial charge in [-0.1, -0.05) is 6.92 Å². The van der Waals surface area contributed by atoms with E-state index in [9.17, 15) is 5.11 Å². The molecule has 1 aliphatic rings. The second kappa shape index (κ2) is 4.40. The van der Waals surface area contributed by atoms with Crippen molar-refractivity contribution in [3.63, 3.8) is 0 Å². The minimum atomic E-state index is -0.246. The van der Waals surface area contributed by atoms with Crippen molar-refractivity contribution in [2.24, 2.45) is 0 Å². The van der Waals surface area contributed by atoms with E-state index < -0.39 is 0 Å². The van der Waals surface area contributed by atoms with Crippen LogP contribution in [-0.2, 0) is 4.74 Å². The van der Waals surface area contributed by atoms with Crippen LogP contribution in [0.2, 0.25) is 0 Å². The van der Waals surface area contributed by atoms with Crippen molar-refractivity contribution in [1.29, 1.82) is 0 Å². The Morgan fingerprint density at radius 1 is 1.40 bits per heavy atom. The van der Waals surface area contributed by atoms with Gasteiger partial charge in [-0.2, -0.15) is 0 Å². The smallest absolute Gasteiger partial charge is 0.0787 e. The summed E-state index contributed by atoms with van der Waals surface area (Å²) in [6.45, 7) is 11.1. The Kier molecular flexibility index (Phi) is 3.80. The number of nitrogens with one attached hydrogen (secondary N) is 1. The average molecular weight is 215 g/mol. The van der Waals surface area contributed by atoms with E-state index in [0.717, 1.165) is 12.8 Å². The van der Waals surface area contributed by atoms with Crippen molar-refractivity contribution in [2.45, 2.75) is 70.8 Å². The quantitative estimate of drug-likeness (QED) is 0.750. The van der Waals surface area contributed by atoms with Crippen LogP contribution >= 0.6 is 0 Å². The fourth-order valence-electron chi connectivity index (χ4n) is 2.30. The van der Waals surface area contributed by atoms with Gasteiger partial charge in [0.25, 0.3) is 0 Å². The fraction of sp³-hybridized carbons (Fsp3) is 1.00. The Hall–Kier alpha value is -0.120. The van der Waals surface area contributed by atoms with Gasteiger partial charge in [0.2, 0.25) is 0 Å². The van der Waals surface area contributed by atoms with Gasteiger partial charge in [-0.05, 0) is 40.5 Å². The maximum absolute atomic E-state index is 9.52. The molecule has 1 saturated heterocycles. The summed E-state index contributed by atoms with van der Waals surface area (Å²) < 4.78 is 5.97. The summed E-state index contributed by atoms with van der Waals surface area (Å²) in [5, 5.41) is 12.9. The number of ether oxygens (including phenoxy) is 1. The molecule has 15 heavy (non-hydrogen) atoms. The third-order valence-electron chi connectivity index (χ3n) is 3.15. The van der Waals surface area contributed by atoms with Crippen LogP contribution in [0.5, 0.6) is 0 Å². The van der Waals surface area contributed by atoms with Crippen LogP contribution in [0.4, 0.5) is 0 Å². The van der Waals surface area contributed by atoms with E-state index in [2.05, 4.69) is 33.0 Å². The van der Waals surface area contributed by atoms with E-state index in [1.54, 1.807) is 0 Å². The van der Waals surface area contributed by atoms with E-state index in [1.165, 1.54) is 0 Å². The Labute approximate surface area is 93.2 Å². The van der Waals surface area contributed by atoms with Crippen molar-refractivity contribution >= 4 is 0 Å². The van der Waals surface area contributed by atoms with Gasteiger partial charge in [-0.25, -0.2) is 0 Å². The molecule has 2 atom stereocenters. The lowest BCUT2D eigenvalue weighted by atomic mass is 9.94. The largest absolute Gasteiger partial charge is 0.392 e. The first-order valence-electron chi connectivity index (χ1n) is 5.88. The molecule has 0 aromatic carbocycles. The van der Waals surface area contributed by atoms with Gasteiger partial charge in [0, 0.05) is 12.6 Å². The summed E-state index contributed by atoms with van der Waals surface area (Å²) in [4.78, 5) is 0. The molecule has 0 amide bonds. The standard InChI is InChI=1S/C12H25NO2/c1-6-9(14)8-13-10-7-11(2,3)15-12(10,4)5/h9-10,13-14H,6-8H2,1-5H3. The molecule has 1 heterocycles. The minimum absolute atomic E-state index is 0.0572. The molecule has 0 aromatic rings. The third-order valence-corrected chi connectivity index (χ3v) is 3.15. The Bertz CT molecular complexity index is 214. The lowest BCUT2D eigenvalue weighted by Crippen LogP contribution is -2.45. The summed E-state index contributed by atoms with van der Waals surface area (Å²) >= 11 is 0. The van der Waals surface area contributed by atoms with Gasteiger partial charge in [0.05, 0.1) is 17.3 Å². The molecule has 2 unspecified atom stereocenters. The summed E-state index contributed by atoms with van der Waals surface area (Å²) in [6, 6.07) is 0.327. The molecule has 0 aromatic heterocycles. The van der Waals surface area contributed by atoms with Crippen LogP contribution in [0, 0.1) is 0 Å². The molecule has 1 aliphatic heterocycles. The second-order valence-corrected chi connectivity index (χ2v) is 5.69. The Balaban J connectivity index is 2.48. The van der Waals surface area contributed by atoms with Crippen LogP contribution in [0.25, 0.3) is 0 Å². The first-order valence-corrected chi connectivity index (χ1v) is 5.88. The van der Waals surface area contributed by atoms with E-state index in [-0.39, 0.29) is 17.3 Å². The predicted molar refractivity (Wildman–Crippen MR) is 61.9 cm³/mol. The lowest BCUT2D eigenvalue weighted by Gasteiger charge is -2.28. The highest BCUT2D eigenvalue weighted by atomic mass is 16.5. The van der Waals surface area contributed by atoms with Crippen molar-refractivity contribution in [1.82, 2.24) is 5.32 Å². The van der Waals surface area contributed by atoms with Crippen molar-refractivity contribution in [3.8, 4) is 0 Å². The highest BCUT2D eigenvalue weighted by molar-refractivity contribution is 4.98. The maximum Gasteiger partial charge on any atom is 0.0787 e. The molecular weight excluding hydrogens is 190 g/mol. The summed E-state index contributed by atoms with van der Waals surface area (Å²) in [5.74, 6) is 0. The Morgan fingerprint density at radius 3 is 2.40 bits per heavy atom. The van der Waals surface area contributed by atoms with E-state index in [1.807, 2.05) is 6.92 Å². The monoisotopic (exact) mass is 215 g/mol. The zero-order chi connectivity index (χ0) is 11.7. The van der Waals surface area contributed by atoms with Crippen LogP contribution in [0.1, 0.15) is 47.5 Å². The molecule has 0 saturated carbocycles. The topological polar surface area (TPSA) is 41.5 Å². The minimum Gasteiger partial charge on any atom is -0.392 e. The van der Waals surface area contributed by atoms with Gasteiger partial charge < -0.3 is 15.2 Å². The number of hydrogen-bond acceptors (Lipinski definition) is 3. The first kappa shape index (κ1) is 12.9. The maximum atomic E-state index is 9.52. The zero-order valence-electron chi connectivity index (χ0n) is 10.6. The summed E-state index contributed by atoms with van der Waals surface area (Å²) in [7, 11) is 0. The Morgan fingerprint density at radius 2 is 2.00 bits per heavy atom. The third kappa shape index (κ3) is 3.44. The highest BCUT2D eigenvalue weighted by Crippen LogP contribution is 2.37. The predicted octanol–water partition coefficient (Wildman–Crippen LogP) is 1.69. The lowest BCUT2D eigenvalue weighted by molar-refractivity contribution is -0.0702. The molecule has 0 bridgehead atoms. The van der Waals surface area contributed by atoms with Crippen molar-refractivity contribution < 1.29 is 9.84 Å². The summed E-state index contributed by atoms with van der Waals surface area (Å²) in [5.41, 5.74) is -0.199. The molecule has 1 rings (SSSR count). The van der Waals surface area contributed by atoms with E-state index in [4.69, 9.17) is 4.74 Å². The molecular formula is C12H25NO2. The molecule has 3 nitrogen and oxygen atoms in total. The number of aliphatic hydroxyl groups is 1. The normalized spacial score (nSPS) is 30.4. The van der Waals surface area contributed by atoms with Crippen molar-refractivity contribution in [2.75, 3.05) is 6.54 Å². The molecule has 2 N–H and O–H groups in total. The molecule has 0 spiro atoms. The fourth-order valence-corrected chi connectivity index (χ4v) is 2.30. The molecule has 3 heteroatoms. The number of rotatable bonds is 4. The van der Waals surface area contributed by atoms with Gasteiger partial charge in [0.1, 0.15) is 0 Å². The van der Waals surface area contributed by atoms with Crippen LogP contribution in [-0.4, -0.2) is 35.0 Å².